The van der Waals surface area contributed by atoms with Crippen LogP contribution in [0.5, 0.6) is 0 Å². The zero-order chi connectivity index (χ0) is 50.9. The lowest BCUT2D eigenvalue weighted by Gasteiger charge is -2.34. The first kappa shape index (κ1) is 44.5. The van der Waals surface area contributed by atoms with Crippen molar-refractivity contribution in [2.75, 3.05) is 4.90 Å². The molecule has 1 aliphatic rings. The number of aromatic nitrogens is 1. The molecule has 1 aliphatic carbocycles. The Morgan fingerprint density at radius 1 is 0.260 bits per heavy atom. The van der Waals surface area contributed by atoms with Crippen LogP contribution in [-0.4, -0.2) is 4.57 Å². The molecule has 0 radical (unpaired) electrons. The molecular formula is C75H50N2. The van der Waals surface area contributed by atoms with Crippen molar-refractivity contribution in [3.63, 3.8) is 0 Å². The third kappa shape index (κ3) is 7.03. The van der Waals surface area contributed by atoms with Gasteiger partial charge in [0.2, 0.25) is 0 Å². The molecule has 77 heavy (non-hydrogen) atoms. The number of rotatable bonds is 9. The van der Waals surface area contributed by atoms with Crippen LogP contribution in [-0.2, 0) is 5.41 Å². The lowest BCUT2D eigenvalue weighted by atomic mass is 9.67. The van der Waals surface area contributed by atoms with Crippen LogP contribution in [0.25, 0.3) is 93.5 Å². The minimum Gasteiger partial charge on any atom is -0.311 e. The molecule has 0 saturated carbocycles. The van der Waals surface area contributed by atoms with Gasteiger partial charge < -0.3 is 9.47 Å². The molecule has 13 aromatic carbocycles. The van der Waals surface area contributed by atoms with E-state index >= 15 is 0 Å². The number of hydrogen-bond donors (Lipinski definition) is 0. The molecule has 14 aromatic rings. The maximum absolute atomic E-state index is 2.47. The van der Waals surface area contributed by atoms with Crippen molar-refractivity contribution in [3.8, 4) is 50.2 Å². The van der Waals surface area contributed by atoms with E-state index in [9.17, 15) is 0 Å². The van der Waals surface area contributed by atoms with Crippen molar-refractivity contribution < 1.29 is 0 Å². The molecule has 0 bridgehead atoms. The summed E-state index contributed by atoms with van der Waals surface area (Å²) in [6, 6.07) is 112. The molecule has 0 atom stereocenters. The van der Waals surface area contributed by atoms with E-state index in [-0.39, 0.29) is 0 Å². The van der Waals surface area contributed by atoms with Crippen molar-refractivity contribution in [3.05, 3.63) is 326 Å². The first-order valence-electron chi connectivity index (χ1n) is 26.7. The Morgan fingerprint density at radius 2 is 0.688 bits per heavy atom. The van der Waals surface area contributed by atoms with Gasteiger partial charge in [0.15, 0.2) is 0 Å². The van der Waals surface area contributed by atoms with Crippen LogP contribution in [0, 0.1) is 0 Å². The number of nitrogens with zero attached hydrogens (tertiary/aromatic N) is 2. The van der Waals surface area contributed by atoms with E-state index in [1.54, 1.807) is 0 Å². The van der Waals surface area contributed by atoms with Crippen LogP contribution in [0.1, 0.15) is 22.3 Å². The average Bonchev–Trinajstić information content (AvgIpc) is 4.12. The van der Waals surface area contributed by atoms with Crippen molar-refractivity contribution in [2.24, 2.45) is 0 Å². The van der Waals surface area contributed by atoms with E-state index in [1.807, 2.05) is 0 Å². The van der Waals surface area contributed by atoms with Gasteiger partial charge in [0.05, 0.1) is 16.4 Å². The zero-order valence-electron chi connectivity index (χ0n) is 42.3. The third-order valence-electron chi connectivity index (χ3n) is 16.3. The summed E-state index contributed by atoms with van der Waals surface area (Å²) in [6.07, 6.45) is 0. The van der Waals surface area contributed by atoms with E-state index in [2.05, 4.69) is 313 Å². The van der Waals surface area contributed by atoms with Gasteiger partial charge in [-0.3, -0.25) is 0 Å². The monoisotopic (exact) mass is 978 g/mol. The van der Waals surface area contributed by atoms with Crippen LogP contribution in [0.4, 0.5) is 17.1 Å². The molecule has 2 heteroatoms. The van der Waals surface area contributed by atoms with Crippen molar-refractivity contribution in [2.45, 2.75) is 5.41 Å². The Morgan fingerprint density at radius 3 is 1.29 bits per heavy atom. The topological polar surface area (TPSA) is 8.17 Å². The lowest BCUT2D eigenvalue weighted by molar-refractivity contribution is 0.767. The minimum absolute atomic E-state index is 0.483. The third-order valence-corrected chi connectivity index (χ3v) is 16.3. The largest absolute Gasteiger partial charge is 0.311 e. The molecule has 0 saturated heterocycles. The van der Waals surface area contributed by atoms with E-state index in [0.29, 0.717) is 0 Å². The smallest absolute Gasteiger partial charge is 0.0714 e. The average molecular weight is 979 g/mol. The zero-order valence-corrected chi connectivity index (χ0v) is 42.3. The fourth-order valence-electron chi connectivity index (χ4n) is 13.0. The minimum atomic E-state index is -0.483. The summed E-state index contributed by atoms with van der Waals surface area (Å²) < 4.78 is 2.47. The highest BCUT2D eigenvalue weighted by atomic mass is 15.1. The standard InChI is InChI=1S/C75H50N2/c1-5-21-52(22-6-1)73-64-31-13-15-33-66(64)74(67-34-16-14-32-65(67)73)53-39-44-59(45-40-53)76(57-27-11-4-12-28-57)58-42-37-51(38-43-58)54-41-48-72-68(49-54)63-30-18-20-36-71(63)77(72)60-46-47-62-61-29-17-19-35-69(61)75(70(62)50-60,55-23-7-2-8-24-55)56-25-9-3-10-26-56/h1-50H. The van der Waals surface area contributed by atoms with E-state index in [1.165, 1.54) is 110 Å². The quantitative estimate of drug-likeness (QED) is 0.131. The molecule has 2 nitrogen and oxygen atoms in total. The van der Waals surface area contributed by atoms with Gasteiger partial charge in [-0.2, -0.15) is 0 Å². The van der Waals surface area contributed by atoms with Gasteiger partial charge in [-0.25, -0.2) is 0 Å². The Labute approximate surface area is 448 Å². The fourth-order valence-corrected chi connectivity index (χ4v) is 13.0. The fraction of sp³-hybridized carbons (Fsp3) is 0.0133. The number of para-hydroxylation sites is 2. The predicted molar refractivity (Wildman–Crippen MR) is 324 cm³/mol. The Kier molecular flexibility index (Phi) is 10.5. The normalized spacial score (nSPS) is 12.5. The molecule has 0 N–H and O–H groups in total. The van der Waals surface area contributed by atoms with Crippen LogP contribution in [0.3, 0.4) is 0 Å². The van der Waals surface area contributed by atoms with Crippen molar-refractivity contribution in [1.29, 1.82) is 0 Å². The second-order valence-electron chi connectivity index (χ2n) is 20.3. The van der Waals surface area contributed by atoms with Crippen molar-refractivity contribution in [1.82, 2.24) is 4.57 Å². The van der Waals surface area contributed by atoms with Gasteiger partial charge >= 0.3 is 0 Å². The van der Waals surface area contributed by atoms with Gasteiger partial charge in [0.25, 0.3) is 0 Å². The number of fused-ring (bicyclic) bond motifs is 8. The van der Waals surface area contributed by atoms with Gasteiger partial charge in [-0.15, -0.1) is 0 Å². The Balaban J connectivity index is 0.810. The first-order valence-corrected chi connectivity index (χ1v) is 26.7. The summed E-state index contributed by atoms with van der Waals surface area (Å²) in [5, 5.41) is 7.47. The van der Waals surface area contributed by atoms with Crippen LogP contribution in [0.15, 0.2) is 303 Å². The molecule has 0 unspecified atom stereocenters. The summed E-state index contributed by atoms with van der Waals surface area (Å²) in [4.78, 5) is 2.36. The maximum atomic E-state index is 2.47. The molecule has 360 valence electrons. The summed E-state index contributed by atoms with van der Waals surface area (Å²) in [6.45, 7) is 0. The van der Waals surface area contributed by atoms with Gasteiger partial charge in [0.1, 0.15) is 0 Å². The molecule has 0 aliphatic heterocycles. The summed E-state index contributed by atoms with van der Waals surface area (Å²) >= 11 is 0. The first-order chi connectivity index (χ1) is 38.2. The molecular weight excluding hydrogens is 929 g/mol. The van der Waals surface area contributed by atoms with Crippen LogP contribution >= 0.6 is 0 Å². The van der Waals surface area contributed by atoms with Gasteiger partial charge in [-0.05, 0) is 155 Å². The lowest BCUT2D eigenvalue weighted by Crippen LogP contribution is -2.28. The molecule has 1 aromatic heterocycles. The molecule has 1 heterocycles. The molecule has 0 fully saturated rings. The Bertz CT molecular complexity index is 4420. The molecule has 0 spiro atoms. The van der Waals surface area contributed by atoms with Crippen LogP contribution in [0.2, 0.25) is 0 Å². The molecule has 0 amide bonds. The molecule has 15 rings (SSSR count). The number of benzene rings is 13. The highest BCUT2D eigenvalue weighted by Crippen LogP contribution is 2.57. The second kappa shape index (κ2) is 18.1. The highest BCUT2D eigenvalue weighted by molar-refractivity contribution is 6.21. The second-order valence-corrected chi connectivity index (χ2v) is 20.3. The van der Waals surface area contributed by atoms with E-state index in [4.69, 9.17) is 0 Å². The van der Waals surface area contributed by atoms with E-state index in [0.717, 1.165) is 22.7 Å². The summed E-state index contributed by atoms with van der Waals surface area (Å²) in [5.74, 6) is 0. The summed E-state index contributed by atoms with van der Waals surface area (Å²) in [5.41, 5.74) is 21.3. The van der Waals surface area contributed by atoms with E-state index < -0.39 is 5.41 Å². The van der Waals surface area contributed by atoms with Gasteiger partial charge in [0, 0.05) is 33.5 Å². The summed E-state index contributed by atoms with van der Waals surface area (Å²) in [7, 11) is 0. The maximum Gasteiger partial charge on any atom is 0.0714 e. The highest BCUT2D eigenvalue weighted by Gasteiger charge is 2.46. The number of hydrogen-bond acceptors (Lipinski definition) is 1. The predicted octanol–water partition coefficient (Wildman–Crippen LogP) is 19.9. The van der Waals surface area contributed by atoms with Gasteiger partial charge in [-0.1, -0.05) is 237 Å². The number of anilines is 3. The SMILES string of the molecule is c1ccc(-c2c3ccccc3c(-c3ccc(N(c4ccccc4)c4ccc(-c5ccc6c(c5)c5ccccc5n6-c5ccc6c(c5)C(c5ccccc5)(c5ccccc5)c5ccccc5-6)cc4)cc3)c3ccccc23)cc1. The Hall–Kier alpha value is -10.0. The van der Waals surface area contributed by atoms with Crippen LogP contribution < -0.4 is 4.90 Å². The van der Waals surface area contributed by atoms with Crippen molar-refractivity contribution >= 4 is 60.4 Å².